The maximum atomic E-state index is 12.2. The number of ether oxygens (including phenoxy) is 1. The molecule has 118 valence electrons. The third-order valence-electron chi connectivity index (χ3n) is 6.24. The second kappa shape index (κ2) is 5.00. The molecule has 3 nitrogen and oxygen atoms in total. The Balaban J connectivity index is 1.65. The largest absolute Gasteiger partial charge is 0.480 e. The number of benzene rings is 1. The van der Waals surface area contributed by atoms with Crippen LogP contribution in [-0.4, -0.2) is 12.0 Å². The molecule has 4 aliphatic carbocycles. The quantitative estimate of drug-likeness (QED) is 0.926. The molecule has 4 aliphatic rings. The molecule has 1 atom stereocenters. The van der Waals surface area contributed by atoms with Crippen molar-refractivity contribution < 1.29 is 9.53 Å². The number of amides is 1. The fraction of sp³-hybridized carbons (Fsp3) is 0.632. The maximum Gasteiger partial charge on any atom is 0.259 e. The summed E-state index contributed by atoms with van der Waals surface area (Å²) in [4.78, 5) is 12.2. The van der Waals surface area contributed by atoms with E-state index < -0.39 is 6.10 Å². The molecule has 0 spiro atoms. The predicted octanol–water partition coefficient (Wildman–Crippen LogP) is 3.44. The number of para-hydroxylation sites is 1. The molecule has 1 amide bonds. The van der Waals surface area contributed by atoms with Crippen molar-refractivity contribution in [1.82, 2.24) is 0 Å². The minimum Gasteiger partial charge on any atom is -0.480 e. The molecule has 0 aromatic heterocycles. The SMILES string of the molecule is Cc1ccccc1OC(C(N)=O)C12CC3CC(CC(C3)C1)C2. The van der Waals surface area contributed by atoms with Crippen LogP contribution in [0.3, 0.4) is 0 Å². The Morgan fingerprint density at radius 1 is 1.14 bits per heavy atom. The third-order valence-corrected chi connectivity index (χ3v) is 6.24. The lowest BCUT2D eigenvalue weighted by Gasteiger charge is -2.58. The molecule has 0 saturated heterocycles. The summed E-state index contributed by atoms with van der Waals surface area (Å²) in [5, 5.41) is 0. The van der Waals surface area contributed by atoms with E-state index in [-0.39, 0.29) is 11.3 Å². The van der Waals surface area contributed by atoms with Crippen molar-refractivity contribution in [1.29, 1.82) is 0 Å². The second-order valence-electron chi connectivity index (χ2n) is 7.95. The zero-order valence-electron chi connectivity index (χ0n) is 13.3. The molecule has 3 heteroatoms. The molecule has 1 unspecified atom stereocenters. The van der Waals surface area contributed by atoms with Crippen LogP contribution in [0.2, 0.25) is 0 Å². The molecular formula is C19H25NO2. The first-order chi connectivity index (χ1) is 10.6. The minimum absolute atomic E-state index is 0.0110. The van der Waals surface area contributed by atoms with Crippen molar-refractivity contribution in [2.24, 2.45) is 28.9 Å². The highest BCUT2D eigenvalue weighted by atomic mass is 16.5. The van der Waals surface area contributed by atoms with E-state index in [0.717, 1.165) is 48.3 Å². The molecular weight excluding hydrogens is 274 g/mol. The number of hydrogen-bond donors (Lipinski definition) is 1. The highest BCUT2D eigenvalue weighted by Crippen LogP contribution is 2.61. The predicted molar refractivity (Wildman–Crippen MR) is 85.4 cm³/mol. The van der Waals surface area contributed by atoms with E-state index in [1.165, 1.54) is 19.3 Å². The molecule has 4 fully saturated rings. The Bertz CT molecular complexity index is 560. The van der Waals surface area contributed by atoms with Crippen molar-refractivity contribution in [2.45, 2.75) is 51.6 Å². The minimum atomic E-state index is -0.470. The van der Waals surface area contributed by atoms with E-state index in [1.807, 2.05) is 31.2 Å². The second-order valence-corrected chi connectivity index (χ2v) is 7.95. The van der Waals surface area contributed by atoms with Gasteiger partial charge in [-0.1, -0.05) is 18.2 Å². The molecule has 0 heterocycles. The standard InChI is InChI=1S/C19H25NO2/c1-12-4-2-3-5-16(12)22-17(18(20)21)19-9-13-6-14(10-19)8-15(7-13)11-19/h2-5,13-15,17H,6-11H2,1H3,(H2,20,21). The van der Waals surface area contributed by atoms with Crippen LogP contribution in [0.5, 0.6) is 5.75 Å². The zero-order valence-corrected chi connectivity index (χ0v) is 13.3. The van der Waals surface area contributed by atoms with Crippen LogP contribution in [-0.2, 0) is 4.79 Å². The van der Waals surface area contributed by atoms with Gasteiger partial charge in [0.2, 0.25) is 0 Å². The fourth-order valence-electron chi connectivity index (χ4n) is 5.80. The molecule has 5 rings (SSSR count). The van der Waals surface area contributed by atoms with Gasteiger partial charge in [0.1, 0.15) is 5.75 Å². The van der Waals surface area contributed by atoms with E-state index in [0.29, 0.717) is 0 Å². The van der Waals surface area contributed by atoms with Gasteiger partial charge in [0.15, 0.2) is 6.10 Å². The monoisotopic (exact) mass is 299 g/mol. The lowest BCUT2D eigenvalue weighted by molar-refractivity contribution is -0.147. The molecule has 4 bridgehead atoms. The van der Waals surface area contributed by atoms with Gasteiger partial charge >= 0.3 is 0 Å². The van der Waals surface area contributed by atoms with Crippen LogP contribution in [0.25, 0.3) is 0 Å². The van der Waals surface area contributed by atoms with Crippen LogP contribution >= 0.6 is 0 Å². The molecule has 0 aliphatic heterocycles. The van der Waals surface area contributed by atoms with Crippen molar-refractivity contribution in [3.8, 4) is 5.75 Å². The van der Waals surface area contributed by atoms with Crippen LogP contribution in [0.15, 0.2) is 24.3 Å². The normalized spacial score (nSPS) is 37.0. The number of rotatable bonds is 4. The Hall–Kier alpha value is -1.51. The average molecular weight is 299 g/mol. The summed E-state index contributed by atoms with van der Waals surface area (Å²) >= 11 is 0. The lowest BCUT2D eigenvalue weighted by atomic mass is 9.48. The van der Waals surface area contributed by atoms with Crippen LogP contribution in [0.1, 0.15) is 44.1 Å². The Kier molecular flexibility index (Phi) is 3.21. The van der Waals surface area contributed by atoms with E-state index in [2.05, 4.69) is 0 Å². The van der Waals surface area contributed by atoms with Crippen LogP contribution in [0, 0.1) is 30.1 Å². The first kappa shape index (κ1) is 14.1. The summed E-state index contributed by atoms with van der Waals surface area (Å²) < 4.78 is 6.22. The summed E-state index contributed by atoms with van der Waals surface area (Å²) in [5.41, 5.74) is 6.85. The first-order valence-corrected chi connectivity index (χ1v) is 8.57. The zero-order chi connectivity index (χ0) is 15.3. The van der Waals surface area contributed by atoms with E-state index in [9.17, 15) is 4.79 Å². The molecule has 2 N–H and O–H groups in total. The number of nitrogens with two attached hydrogens (primary N) is 1. The Labute approximate surface area is 132 Å². The van der Waals surface area contributed by atoms with Gasteiger partial charge in [-0.15, -0.1) is 0 Å². The van der Waals surface area contributed by atoms with Crippen molar-refractivity contribution in [2.75, 3.05) is 0 Å². The van der Waals surface area contributed by atoms with Crippen LogP contribution in [0.4, 0.5) is 0 Å². The maximum absolute atomic E-state index is 12.2. The Morgan fingerprint density at radius 3 is 2.18 bits per heavy atom. The first-order valence-electron chi connectivity index (χ1n) is 8.57. The number of aryl methyl sites for hydroxylation is 1. The number of carbonyl (C=O) groups excluding carboxylic acids is 1. The van der Waals surface area contributed by atoms with Gasteiger partial charge in [0, 0.05) is 5.41 Å². The third kappa shape index (κ3) is 2.22. The van der Waals surface area contributed by atoms with Crippen LogP contribution < -0.4 is 10.5 Å². The van der Waals surface area contributed by atoms with Gasteiger partial charge in [-0.3, -0.25) is 4.79 Å². The summed E-state index contributed by atoms with van der Waals surface area (Å²) in [5.74, 6) is 2.88. The molecule has 4 saturated carbocycles. The topological polar surface area (TPSA) is 52.3 Å². The summed E-state index contributed by atoms with van der Waals surface area (Å²) in [6.07, 6.45) is 6.97. The summed E-state index contributed by atoms with van der Waals surface area (Å²) in [6.45, 7) is 2.02. The van der Waals surface area contributed by atoms with Crippen molar-refractivity contribution in [3.05, 3.63) is 29.8 Å². The molecule has 1 aromatic carbocycles. The van der Waals surface area contributed by atoms with Crippen molar-refractivity contribution in [3.63, 3.8) is 0 Å². The Morgan fingerprint density at radius 2 is 1.68 bits per heavy atom. The summed E-state index contributed by atoms with van der Waals surface area (Å²) in [6, 6.07) is 7.92. The fourth-order valence-corrected chi connectivity index (χ4v) is 5.80. The number of carbonyl (C=O) groups is 1. The van der Waals surface area contributed by atoms with Gasteiger partial charge < -0.3 is 10.5 Å². The average Bonchev–Trinajstić information content (AvgIpc) is 2.44. The van der Waals surface area contributed by atoms with Crippen molar-refractivity contribution >= 4 is 5.91 Å². The van der Waals surface area contributed by atoms with Gasteiger partial charge in [0.05, 0.1) is 0 Å². The summed E-state index contributed by atoms with van der Waals surface area (Å²) in [7, 11) is 0. The van der Waals surface area contributed by atoms with Gasteiger partial charge in [-0.2, -0.15) is 0 Å². The van der Waals surface area contributed by atoms with E-state index in [4.69, 9.17) is 10.5 Å². The number of primary amides is 1. The van der Waals surface area contributed by atoms with E-state index in [1.54, 1.807) is 0 Å². The van der Waals surface area contributed by atoms with Gasteiger partial charge in [-0.25, -0.2) is 0 Å². The van der Waals surface area contributed by atoms with Gasteiger partial charge in [0.25, 0.3) is 5.91 Å². The molecule has 0 radical (unpaired) electrons. The van der Waals surface area contributed by atoms with E-state index >= 15 is 0 Å². The highest BCUT2D eigenvalue weighted by Gasteiger charge is 2.56. The highest BCUT2D eigenvalue weighted by molar-refractivity contribution is 5.80. The number of hydrogen-bond acceptors (Lipinski definition) is 2. The van der Waals surface area contributed by atoms with Gasteiger partial charge in [-0.05, 0) is 74.8 Å². The lowest BCUT2D eigenvalue weighted by Crippen LogP contribution is -2.57. The molecule has 22 heavy (non-hydrogen) atoms. The smallest absolute Gasteiger partial charge is 0.259 e. The molecule has 1 aromatic rings.